The van der Waals surface area contributed by atoms with Gasteiger partial charge in [0.2, 0.25) is 0 Å². The molecule has 0 atom stereocenters. The van der Waals surface area contributed by atoms with E-state index in [2.05, 4.69) is 10.1 Å². The molecule has 84 valence electrons. The van der Waals surface area contributed by atoms with E-state index in [1.54, 1.807) is 10.9 Å². The molecule has 4 nitrogen and oxygen atoms in total. The van der Waals surface area contributed by atoms with Crippen LogP contribution >= 0.6 is 0 Å². The van der Waals surface area contributed by atoms with Crippen molar-refractivity contribution in [3.63, 3.8) is 0 Å². The van der Waals surface area contributed by atoms with Crippen molar-refractivity contribution in [1.82, 2.24) is 14.8 Å². The lowest BCUT2D eigenvalue weighted by atomic mass is 10.1. The molecule has 0 aliphatic carbocycles. The number of hydrogen-bond acceptors (Lipinski definition) is 3. The molecule has 0 amide bonds. The van der Waals surface area contributed by atoms with Crippen LogP contribution in [0.2, 0.25) is 0 Å². The van der Waals surface area contributed by atoms with Crippen molar-refractivity contribution < 1.29 is 0 Å². The van der Waals surface area contributed by atoms with Crippen LogP contribution in [0.3, 0.4) is 0 Å². The molecule has 2 aromatic heterocycles. The van der Waals surface area contributed by atoms with Gasteiger partial charge in [-0.15, -0.1) is 0 Å². The quantitative estimate of drug-likeness (QED) is 0.690. The van der Waals surface area contributed by atoms with Crippen LogP contribution in [-0.4, -0.2) is 14.8 Å². The maximum atomic E-state index is 5.94. The minimum absolute atomic E-state index is 0.626. The number of fused-ring (bicyclic) bond motifs is 1. The van der Waals surface area contributed by atoms with Gasteiger partial charge in [-0.25, -0.2) is 4.68 Å². The topological polar surface area (TPSA) is 56.7 Å². The number of nitrogens with zero attached hydrogens (tertiary/aromatic N) is 3. The zero-order chi connectivity index (χ0) is 11.8. The average molecular weight is 224 g/mol. The van der Waals surface area contributed by atoms with E-state index in [4.69, 9.17) is 5.73 Å². The van der Waals surface area contributed by atoms with Crippen molar-refractivity contribution in [3.05, 3.63) is 48.4 Å². The molecular weight excluding hydrogens is 212 g/mol. The summed E-state index contributed by atoms with van der Waals surface area (Å²) in [5.74, 6) is 0.626. The van der Waals surface area contributed by atoms with E-state index in [0.29, 0.717) is 5.82 Å². The largest absolute Gasteiger partial charge is 0.384 e. The number of aryl methyl sites for hydroxylation is 1. The Morgan fingerprint density at radius 1 is 1.18 bits per heavy atom. The van der Waals surface area contributed by atoms with Crippen LogP contribution in [0.15, 0.2) is 42.7 Å². The second kappa shape index (κ2) is 3.59. The number of benzene rings is 1. The minimum atomic E-state index is 0.626. The molecule has 3 aromatic rings. The van der Waals surface area contributed by atoms with Crippen molar-refractivity contribution in [2.24, 2.45) is 0 Å². The number of rotatable bonds is 1. The highest BCUT2D eigenvalue weighted by Crippen LogP contribution is 2.22. The first kappa shape index (κ1) is 9.84. The van der Waals surface area contributed by atoms with Gasteiger partial charge in [-0.05, 0) is 6.92 Å². The van der Waals surface area contributed by atoms with Crippen molar-refractivity contribution >= 4 is 16.6 Å². The summed E-state index contributed by atoms with van der Waals surface area (Å²) < 4.78 is 1.73. The van der Waals surface area contributed by atoms with Crippen molar-refractivity contribution in [2.45, 2.75) is 6.92 Å². The predicted molar refractivity (Wildman–Crippen MR) is 68.0 cm³/mol. The SMILES string of the molecule is Cc1cc(N)n(-c2cncc3ccccc23)n1. The highest BCUT2D eigenvalue weighted by molar-refractivity contribution is 5.89. The zero-order valence-corrected chi connectivity index (χ0v) is 9.46. The Morgan fingerprint density at radius 3 is 2.76 bits per heavy atom. The molecule has 17 heavy (non-hydrogen) atoms. The molecule has 0 saturated carbocycles. The van der Waals surface area contributed by atoms with Crippen LogP contribution in [0.1, 0.15) is 5.69 Å². The summed E-state index contributed by atoms with van der Waals surface area (Å²) in [6.45, 7) is 1.92. The summed E-state index contributed by atoms with van der Waals surface area (Å²) in [7, 11) is 0. The second-order valence-corrected chi connectivity index (χ2v) is 4.00. The highest BCUT2D eigenvalue weighted by Gasteiger charge is 2.08. The van der Waals surface area contributed by atoms with E-state index in [1.807, 2.05) is 43.5 Å². The van der Waals surface area contributed by atoms with Gasteiger partial charge in [0.05, 0.1) is 17.6 Å². The van der Waals surface area contributed by atoms with E-state index in [1.165, 1.54) is 0 Å². The number of hydrogen-bond donors (Lipinski definition) is 1. The predicted octanol–water partition coefficient (Wildman–Crippen LogP) is 2.31. The molecule has 0 radical (unpaired) electrons. The van der Waals surface area contributed by atoms with Crippen LogP contribution < -0.4 is 5.73 Å². The Balaban J connectivity index is 2.34. The van der Waals surface area contributed by atoms with Crippen LogP contribution in [0.5, 0.6) is 0 Å². The summed E-state index contributed by atoms with van der Waals surface area (Å²) in [6.07, 6.45) is 3.62. The number of anilines is 1. The third kappa shape index (κ3) is 1.54. The summed E-state index contributed by atoms with van der Waals surface area (Å²) in [5, 5.41) is 6.56. The second-order valence-electron chi connectivity index (χ2n) is 4.00. The third-order valence-corrected chi connectivity index (χ3v) is 2.73. The lowest BCUT2D eigenvalue weighted by molar-refractivity contribution is 0.873. The molecular formula is C13H12N4. The normalized spacial score (nSPS) is 10.9. The molecule has 4 heteroatoms. The van der Waals surface area contributed by atoms with Crippen LogP contribution in [-0.2, 0) is 0 Å². The number of nitrogens with two attached hydrogens (primary N) is 1. The summed E-state index contributed by atoms with van der Waals surface area (Å²) in [5.41, 5.74) is 7.75. The zero-order valence-electron chi connectivity index (χ0n) is 9.46. The number of aromatic nitrogens is 3. The fourth-order valence-corrected chi connectivity index (χ4v) is 1.98. The van der Waals surface area contributed by atoms with E-state index in [-0.39, 0.29) is 0 Å². The average Bonchev–Trinajstić information content (AvgIpc) is 2.68. The molecule has 3 rings (SSSR count). The molecule has 0 saturated heterocycles. The molecule has 0 unspecified atom stereocenters. The lowest BCUT2D eigenvalue weighted by Gasteiger charge is -2.07. The first-order valence-corrected chi connectivity index (χ1v) is 5.41. The molecule has 0 bridgehead atoms. The standard InChI is InChI=1S/C13H12N4/c1-9-6-13(14)17(16-9)12-8-15-7-10-4-2-3-5-11(10)12/h2-8H,14H2,1H3. The Hall–Kier alpha value is -2.36. The third-order valence-electron chi connectivity index (χ3n) is 2.73. The smallest absolute Gasteiger partial charge is 0.127 e. The van der Waals surface area contributed by atoms with Crippen molar-refractivity contribution in [3.8, 4) is 5.69 Å². The lowest BCUT2D eigenvalue weighted by Crippen LogP contribution is -2.02. The van der Waals surface area contributed by atoms with Gasteiger partial charge in [0.25, 0.3) is 0 Å². The molecule has 0 aliphatic heterocycles. The van der Waals surface area contributed by atoms with Gasteiger partial charge >= 0.3 is 0 Å². The molecule has 2 N–H and O–H groups in total. The van der Waals surface area contributed by atoms with Gasteiger partial charge in [-0.1, -0.05) is 24.3 Å². The van der Waals surface area contributed by atoms with Gasteiger partial charge in [-0.3, -0.25) is 4.98 Å². The monoisotopic (exact) mass is 224 g/mol. The Bertz CT molecular complexity index is 679. The fraction of sp³-hybridized carbons (Fsp3) is 0.0769. The Labute approximate surface area is 98.7 Å². The van der Waals surface area contributed by atoms with Crippen molar-refractivity contribution in [2.75, 3.05) is 5.73 Å². The molecule has 0 aliphatic rings. The van der Waals surface area contributed by atoms with Crippen molar-refractivity contribution in [1.29, 1.82) is 0 Å². The van der Waals surface area contributed by atoms with Crippen LogP contribution in [0, 0.1) is 6.92 Å². The molecule has 1 aromatic carbocycles. The van der Waals surface area contributed by atoms with E-state index < -0.39 is 0 Å². The Kier molecular flexibility index (Phi) is 2.08. The van der Waals surface area contributed by atoms with Gasteiger partial charge in [0, 0.05) is 23.0 Å². The van der Waals surface area contributed by atoms with E-state index >= 15 is 0 Å². The Morgan fingerprint density at radius 2 is 2.00 bits per heavy atom. The van der Waals surface area contributed by atoms with E-state index in [9.17, 15) is 0 Å². The molecule has 0 spiro atoms. The fourth-order valence-electron chi connectivity index (χ4n) is 1.98. The van der Waals surface area contributed by atoms with Crippen LogP contribution in [0.25, 0.3) is 16.5 Å². The van der Waals surface area contributed by atoms with Gasteiger partial charge in [-0.2, -0.15) is 5.10 Å². The first-order valence-electron chi connectivity index (χ1n) is 5.41. The highest BCUT2D eigenvalue weighted by atomic mass is 15.3. The summed E-state index contributed by atoms with van der Waals surface area (Å²) >= 11 is 0. The first-order chi connectivity index (χ1) is 8.25. The molecule has 2 heterocycles. The van der Waals surface area contributed by atoms with Gasteiger partial charge in [0.15, 0.2) is 0 Å². The maximum Gasteiger partial charge on any atom is 0.127 e. The van der Waals surface area contributed by atoms with Gasteiger partial charge in [0.1, 0.15) is 5.82 Å². The summed E-state index contributed by atoms with van der Waals surface area (Å²) in [4.78, 5) is 4.22. The maximum absolute atomic E-state index is 5.94. The molecule has 0 fully saturated rings. The van der Waals surface area contributed by atoms with E-state index in [0.717, 1.165) is 22.2 Å². The van der Waals surface area contributed by atoms with Crippen LogP contribution in [0.4, 0.5) is 5.82 Å². The van der Waals surface area contributed by atoms with Gasteiger partial charge < -0.3 is 5.73 Å². The summed E-state index contributed by atoms with van der Waals surface area (Å²) in [6, 6.07) is 9.91. The minimum Gasteiger partial charge on any atom is -0.384 e. The number of nitrogen functional groups attached to an aromatic ring is 1. The number of pyridine rings is 1.